The van der Waals surface area contributed by atoms with Gasteiger partial charge in [-0.3, -0.25) is 4.79 Å². The van der Waals surface area contributed by atoms with E-state index in [2.05, 4.69) is 28.3 Å². The molecule has 0 aliphatic heterocycles. The van der Waals surface area contributed by atoms with E-state index in [4.69, 9.17) is 5.11 Å². The fourth-order valence-electron chi connectivity index (χ4n) is 2.11. The molecule has 0 aromatic heterocycles. The standard InChI is InChI=1S/C10H22NO2P/c1-9(2,5-8(12)13)6-10(3,4)7-11-14/h11H,5-7,14H2,1-4H3,(H,12,13). The summed E-state index contributed by atoms with van der Waals surface area (Å²) in [6.45, 7) is 9.18. The normalized spacial score (nSPS) is 12.9. The molecule has 0 aliphatic rings. The zero-order chi connectivity index (χ0) is 11.4. The van der Waals surface area contributed by atoms with Gasteiger partial charge in [0.05, 0.1) is 6.42 Å². The predicted molar refractivity (Wildman–Crippen MR) is 62.1 cm³/mol. The molecule has 0 amide bonds. The van der Waals surface area contributed by atoms with Crippen LogP contribution in [0.4, 0.5) is 0 Å². The van der Waals surface area contributed by atoms with Gasteiger partial charge >= 0.3 is 5.97 Å². The third kappa shape index (κ3) is 6.33. The topological polar surface area (TPSA) is 49.3 Å². The molecule has 1 unspecified atom stereocenters. The van der Waals surface area contributed by atoms with Crippen molar-refractivity contribution in [3.05, 3.63) is 0 Å². The maximum Gasteiger partial charge on any atom is 0.303 e. The van der Waals surface area contributed by atoms with Crippen LogP contribution in [-0.4, -0.2) is 17.6 Å². The molecule has 1 atom stereocenters. The highest BCUT2D eigenvalue weighted by atomic mass is 31.0. The van der Waals surface area contributed by atoms with E-state index in [9.17, 15) is 4.79 Å². The Hall–Kier alpha value is -0.140. The first-order valence-electron chi connectivity index (χ1n) is 4.84. The second-order valence-electron chi connectivity index (χ2n) is 5.46. The van der Waals surface area contributed by atoms with Crippen molar-refractivity contribution in [2.24, 2.45) is 10.8 Å². The van der Waals surface area contributed by atoms with E-state index in [0.717, 1.165) is 13.0 Å². The van der Waals surface area contributed by atoms with Gasteiger partial charge in [0.15, 0.2) is 0 Å². The smallest absolute Gasteiger partial charge is 0.303 e. The average Bonchev–Trinajstić information content (AvgIpc) is 1.78. The van der Waals surface area contributed by atoms with Gasteiger partial charge in [0.1, 0.15) is 0 Å². The molecule has 0 bridgehead atoms. The van der Waals surface area contributed by atoms with Crippen LogP contribution in [-0.2, 0) is 4.79 Å². The molecule has 14 heavy (non-hydrogen) atoms. The van der Waals surface area contributed by atoms with E-state index >= 15 is 0 Å². The van der Waals surface area contributed by atoms with Crippen LogP contribution in [0.1, 0.15) is 40.5 Å². The highest BCUT2D eigenvalue weighted by Gasteiger charge is 2.30. The Morgan fingerprint density at radius 3 is 2.14 bits per heavy atom. The molecule has 4 heteroatoms. The molecule has 0 saturated heterocycles. The number of carboxylic acids is 1. The lowest BCUT2D eigenvalue weighted by molar-refractivity contribution is -0.139. The lowest BCUT2D eigenvalue weighted by Crippen LogP contribution is -2.31. The number of carbonyl (C=O) groups is 1. The summed E-state index contributed by atoms with van der Waals surface area (Å²) in [5.41, 5.74) is -0.0163. The van der Waals surface area contributed by atoms with E-state index in [1.807, 2.05) is 13.8 Å². The molecule has 0 fully saturated rings. The Morgan fingerprint density at radius 1 is 1.29 bits per heavy atom. The van der Waals surface area contributed by atoms with E-state index in [-0.39, 0.29) is 17.3 Å². The zero-order valence-corrected chi connectivity index (χ0v) is 10.7. The SMILES string of the molecule is CC(C)(CNP)CC(C)(C)CC(=O)O. The van der Waals surface area contributed by atoms with Crippen molar-refractivity contribution < 1.29 is 9.90 Å². The van der Waals surface area contributed by atoms with E-state index in [0.29, 0.717) is 0 Å². The van der Waals surface area contributed by atoms with Crippen molar-refractivity contribution in [1.82, 2.24) is 5.09 Å². The molecule has 0 aliphatic carbocycles. The van der Waals surface area contributed by atoms with Gasteiger partial charge in [-0.05, 0) is 17.3 Å². The van der Waals surface area contributed by atoms with E-state index in [1.165, 1.54) is 0 Å². The number of nitrogens with one attached hydrogen (secondary N) is 1. The quantitative estimate of drug-likeness (QED) is 0.674. The Balaban J connectivity index is 4.25. The molecule has 0 spiro atoms. The molecule has 0 radical (unpaired) electrons. The molecule has 0 aromatic carbocycles. The first-order valence-corrected chi connectivity index (χ1v) is 5.42. The minimum absolute atomic E-state index is 0.126. The number of carboxylic acid groups (broad SMARTS) is 1. The fraction of sp³-hybridized carbons (Fsp3) is 0.900. The first-order chi connectivity index (χ1) is 6.18. The Bertz CT molecular complexity index is 202. The van der Waals surface area contributed by atoms with Crippen molar-refractivity contribution in [1.29, 1.82) is 0 Å². The minimum Gasteiger partial charge on any atom is -0.481 e. The second kappa shape index (κ2) is 5.09. The van der Waals surface area contributed by atoms with Crippen molar-refractivity contribution >= 4 is 15.4 Å². The molecule has 0 saturated carbocycles. The number of hydrogen-bond acceptors (Lipinski definition) is 2. The average molecular weight is 219 g/mol. The van der Waals surface area contributed by atoms with Gasteiger partial charge in [0, 0.05) is 6.54 Å². The summed E-state index contributed by atoms with van der Waals surface area (Å²) in [5, 5.41) is 11.8. The van der Waals surface area contributed by atoms with Crippen LogP contribution in [0.5, 0.6) is 0 Å². The van der Waals surface area contributed by atoms with E-state index in [1.54, 1.807) is 0 Å². The maximum absolute atomic E-state index is 10.6. The summed E-state index contributed by atoms with van der Waals surface area (Å²) in [4.78, 5) is 10.6. The van der Waals surface area contributed by atoms with Crippen molar-refractivity contribution in [2.75, 3.05) is 6.54 Å². The van der Waals surface area contributed by atoms with Crippen molar-refractivity contribution in [3.63, 3.8) is 0 Å². The van der Waals surface area contributed by atoms with E-state index < -0.39 is 5.97 Å². The highest BCUT2D eigenvalue weighted by Crippen LogP contribution is 2.35. The maximum atomic E-state index is 10.6. The monoisotopic (exact) mass is 219 g/mol. The van der Waals surface area contributed by atoms with Gasteiger partial charge in [0.25, 0.3) is 0 Å². The van der Waals surface area contributed by atoms with Gasteiger partial charge in [-0.2, -0.15) is 0 Å². The Labute approximate surface area is 88.9 Å². The Kier molecular flexibility index (Phi) is 5.03. The minimum atomic E-state index is -0.718. The largest absolute Gasteiger partial charge is 0.481 e. The lowest BCUT2D eigenvalue weighted by Gasteiger charge is -2.33. The van der Waals surface area contributed by atoms with Gasteiger partial charge in [-0.15, -0.1) is 0 Å². The molecular formula is C10H22NO2P. The molecular weight excluding hydrogens is 197 g/mol. The second-order valence-corrected chi connectivity index (χ2v) is 5.86. The molecule has 0 heterocycles. The third-order valence-electron chi connectivity index (χ3n) is 2.17. The molecule has 2 N–H and O–H groups in total. The van der Waals surface area contributed by atoms with Gasteiger partial charge in [-0.25, -0.2) is 0 Å². The summed E-state index contributed by atoms with van der Waals surface area (Å²) in [7, 11) is 2.48. The summed E-state index contributed by atoms with van der Waals surface area (Å²) in [6, 6.07) is 0. The first kappa shape index (κ1) is 13.9. The van der Waals surface area contributed by atoms with Crippen LogP contribution in [0.2, 0.25) is 0 Å². The van der Waals surface area contributed by atoms with Gasteiger partial charge in [-0.1, -0.05) is 37.1 Å². The molecule has 3 nitrogen and oxygen atoms in total. The van der Waals surface area contributed by atoms with Crippen LogP contribution in [0, 0.1) is 10.8 Å². The third-order valence-corrected chi connectivity index (χ3v) is 2.37. The van der Waals surface area contributed by atoms with Crippen LogP contribution < -0.4 is 5.09 Å². The van der Waals surface area contributed by atoms with Gasteiger partial charge < -0.3 is 10.2 Å². The molecule has 84 valence electrons. The van der Waals surface area contributed by atoms with Gasteiger partial charge in [0.2, 0.25) is 0 Å². The van der Waals surface area contributed by atoms with Crippen LogP contribution >= 0.6 is 9.39 Å². The highest BCUT2D eigenvalue weighted by molar-refractivity contribution is 7.13. The fourth-order valence-corrected chi connectivity index (χ4v) is 2.66. The predicted octanol–water partition coefficient (Wildman–Crippen LogP) is 2.28. The van der Waals surface area contributed by atoms with Crippen LogP contribution in [0.15, 0.2) is 0 Å². The number of hydrogen-bond donors (Lipinski definition) is 2. The van der Waals surface area contributed by atoms with Crippen LogP contribution in [0.25, 0.3) is 0 Å². The number of aliphatic carboxylic acids is 1. The van der Waals surface area contributed by atoms with Crippen molar-refractivity contribution in [3.8, 4) is 0 Å². The van der Waals surface area contributed by atoms with Crippen molar-refractivity contribution in [2.45, 2.75) is 40.5 Å². The van der Waals surface area contributed by atoms with Crippen LogP contribution in [0.3, 0.4) is 0 Å². The summed E-state index contributed by atoms with van der Waals surface area (Å²) >= 11 is 0. The summed E-state index contributed by atoms with van der Waals surface area (Å²) in [6.07, 6.45) is 1.13. The summed E-state index contributed by atoms with van der Waals surface area (Å²) in [5.74, 6) is -0.718. The Morgan fingerprint density at radius 2 is 1.79 bits per heavy atom. The molecule has 0 aromatic rings. The lowest BCUT2D eigenvalue weighted by atomic mass is 9.73. The number of rotatable bonds is 6. The zero-order valence-electron chi connectivity index (χ0n) is 9.55. The molecule has 0 rings (SSSR count). The summed E-state index contributed by atoms with van der Waals surface area (Å²) < 4.78 is 0.